The molecule has 0 aromatic carbocycles. The highest BCUT2D eigenvalue weighted by Crippen LogP contribution is 2.32. The van der Waals surface area contributed by atoms with Gasteiger partial charge in [-0.15, -0.1) is 0 Å². The van der Waals surface area contributed by atoms with Crippen molar-refractivity contribution in [2.75, 3.05) is 13.1 Å². The summed E-state index contributed by atoms with van der Waals surface area (Å²) in [4.78, 5) is 18.5. The van der Waals surface area contributed by atoms with E-state index in [1.807, 2.05) is 44.6 Å². The van der Waals surface area contributed by atoms with Crippen LogP contribution in [0, 0.1) is 13.8 Å². The minimum absolute atomic E-state index is 0.103. The van der Waals surface area contributed by atoms with Crippen LogP contribution < -0.4 is 5.32 Å². The lowest BCUT2D eigenvalue weighted by Gasteiger charge is -2.38. The molecule has 2 amide bonds. The molecule has 0 radical (unpaired) electrons. The third kappa shape index (κ3) is 3.44. The number of likely N-dealkylation sites (tertiary alicyclic amines) is 1. The van der Waals surface area contributed by atoms with E-state index in [9.17, 15) is 9.90 Å². The van der Waals surface area contributed by atoms with Crippen molar-refractivity contribution < 1.29 is 9.90 Å². The number of carbonyl (C=O) groups is 1. The van der Waals surface area contributed by atoms with Gasteiger partial charge in [-0.3, -0.25) is 9.67 Å². The first-order valence-corrected chi connectivity index (χ1v) is 9.00. The van der Waals surface area contributed by atoms with Crippen LogP contribution in [-0.4, -0.2) is 43.9 Å². The highest BCUT2D eigenvalue weighted by molar-refractivity contribution is 5.75. The average Bonchev–Trinajstić information content (AvgIpc) is 2.88. The molecule has 3 rings (SSSR count). The molecule has 7 heteroatoms. The van der Waals surface area contributed by atoms with Crippen LogP contribution in [0.15, 0.2) is 24.5 Å². The fourth-order valence-corrected chi connectivity index (χ4v) is 3.77. The highest BCUT2D eigenvalue weighted by atomic mass is 16.3. The molecular weight excluding hydrogens is 330 g/mol. The lowest BCUT2D eigenvalue weighted by Crippen LogP contribution is -2.49. The predicted molar refractivity (Wildman–Crippen MR) is 98.6 cm³/mol. The van der Waals surface area contributed by atoms with Crippen molar-refractivity contribution >= 4 is 6.03 Å². The first kappa shape index (κ1) is 18.4. The second kappa shape index (κ2) is 7.07. The Labute approximate surface area is 154 Å². The molecule has 26 heavy (non-hydrogen) atoms. The lowest BCUT2D eigenvalue weighted by molar-refractivity contribution is -0.0172. The van der Waals surface area contributed by atoms with Crippen molar-refractivity contribution in [1.29, 1.82) is 0 Å². The Kier molecular flexibility index (Phi) is 5.00. The Morgan fingerprint density at radius 2 is 2.04 bits per heavy atom. The second-order valence-corrected chi connectivity index (χ2v) is 7.14. The maximum absolute atomic E-state index is 12.7. The molecule has 0 aliphatic carbocycles. The van der Waals surface area contributed by atoms with Crippen LogP contribution in [0.2, 0.25) is 0 Å². The Morgan fingerprint density at radius 1 is 1.35 bits per heavy atom. The van der Waals surface area contributed by atoms with Crippen LogP contribution in [0.3, 0.4) is 0 Å². The smallest absolute Gasteiger partial charge is 0.317 e. The highest BCUT2D eigenvalue weighted by Gasteiger charge is 2.36. The van der Waals surface area contributed by atoms with Crippen molar-refractivity contribution in [3.63, 3.8) is 0 Å². The number of carbonyl (C=O) groups excluding carboxylic acids is 1. The van der Waals surface area contributed by atoms with Gasteiger partial charge in [-0.25, -0.2) is 4.79 Å². The Hall–Kier alpha value is -2.41. The van der Waals surface area contributed by atoms with Gasteiger partial charge in [-0.1, -0.05) is 6.07 Å². The van der Waals surface area contributed by atoms with Gasteiger partial charge >= 0.3 is 6.03 Å². The van der Waals surface area contributed by atoms with Crippen molar-refractivity contribution in [3.05, 3.63) is 47.0 Å². The molecule has 0 saturated carbocycles. The Bertz CT molecular complexity index is 779. The molecule has 1 aliphatic heterocycles. The number of piperidine rings is 1. The van der Waals surface area contributed by atoms with Gasteiger partial charge in [0.15, 0.2) is 0 Å². The van der Waals surface area contributed by atoms with Crippen LogP contribution in [-0.2, 0) is 12.6 Å². The van der Waals surface area contributed by atoms with Crippen LogP contribution in [0.25, 0.3) is 0 Å². The monoisotopic (exact) mass is 357 g/mol. The number of amides is 2. The molecule has 2 aromatic heterocycles. The van der Waals surface area contributed by atoms with Crippen LogP contribution in [0.1, 0.15) is 48.3 Å². The summed E-state index contributed by atoms with van der Waals surface area (Å²) in [6, 6.07) is 3.49. The predicted octanol–water partition coefficient (Wildman–Crippen LogP) is 2.19. The van der Waals surface area contributed by atoms with Gasteiger partial charge < -0.3 is 15.3 Å². The summed E-state index contributed by atoms with van der Waals surface area (Å²) >= 11 is 0. The number of rotatable bonds is 3. The largest absolute Gasteiger partial charge is 0.385 e. The van der Waals surface area contributed by atoms with Crippen molar-refractivity contribution in [2.45, 2.75) is 45.3 Å². The Balaban J connectivity index is 1.62. The third-order valence-electron chi connectivity index (χ3n) is 5.41. The number of hydrogen-bond donors (Lipinski definition) is 2. The lowest BCUT2D eigenvalue weighted by atomic mass is 9.85. The number of aliphatic hydroxyl groups is 1. The average molecular weight is 357 g/mol. The Morgan fingerprint density at radius 3 is 2.58 bits per heavy atom. The van der Waals surface area contributed by atoms with Gasteiger partial charge in [0.1, 0.15) is 0 Å². The van der Waals surface area contributed by atoms with Crippen LogP contribution in [0.4, 0.5) is 4.79 Å². The van der Waals surface area contributed by atoms with Crippen molar-refractivity contribution in [2.24, 2.45) is 7.05 Å². The van der Waals surface area contributed by atoms with E-state index < -0.39 is 5.60 Å². The second-order valence-electron chi connectivity index (χ2n) is 7.14. The molecule has 0 bridgehead atoms. The molecule has 140 valence electrons. The van der Waals surface area contributed by atoms with Gasteiger partial charge in [0.25, 0.3) is 0 Å². The maximum Gasteiger partial charge on any atom is 0.317 e. The summed E-state index contributed by atoms with van der Waals surface area (Å²) in [5.41, 5.74) is 2.95. The fourth-order valence-electron chi connectivity index (χ4n) is 3.77. The van der Waals surface area contributed by atoms with Crippen molar-refractivity contribution in [3.8, 4) is 0 Å². The summed E-state index contributed by atoms with van der Waals surface area (Å²) in [6.07, 6.45) is 4.40. The van der Waals surface area contributed by atoms with Crippen LogP contribution >= 0.6 is 0 Å². The van der Waals surface area contributed by atoms with E-state index in [2.05, 4.69) is 15.4 Å². The van der Waals surface area contributed by atoms with E-state index in [0.29, 0.717) is 25.9 Å². The summed E-state index contributed by atoms with van der Waals surface area (Å²) in [5.74, 6) is 0. The molecule has 1 aliphatic rings. The summed E-state index contributed by atoms with van der Waals surface area (Å²) in [6.45, 7) is 6.96. The van der Waals surface area contributed by atoms with Crippen molar-refractivity contribution in [1.82, 2.24) is 25.0 Å². The van der Waals surface area contributed by atoms with E-state index in [1.54, 1.807) is 17.3 Å². The number of pyridine rings is 1. The minimum atomic E-state index is -0.910. The maximum atomic E-state index is 12.7. The number of aryl methyl sites for hydroxylation is 2. The molecule has 2 aromatic rings. The first-order valence-electron chi connectivity index (χ1n) is 9.00. The van der Waals surface area contributed by atoms with E-state index in [4.69, 9.17) is 0 Å². The van der Waals surface area contributed by atoms with Gasteiger partial charge in [0.05, 0.1) is 17.3 Å². The molecule has 1 saturated heterocycles. The summed E-state index contributed by atoms with van der Waals surface area (Å²) in [5, 5.41) is 18.4. The topological polar surface area (TPSA) is 83.3 Å². The fraction of sp³-hybridized carbons (Fsp3) is 0.526. The minimum Gasteiger partial charge on any atom is -0.385 e. The van der Waals surface area contributed by atoms with E-state index in [1.165, 1.54) is 0 Å². The third-order valence-corrected chi connectivity index (χ3v) is 5.41. The zero-order valence-corrected chi connectivity index (χ0v) is 15.9. The molecule has 7 nitrogen and oxygen atoms in total. The normalized spacial score (nSPS) is 17.8. The number of aromatic nitrogens is 3. The zero-order valence-electron chi connectivity index (χ0n) is 15.9. The SMILES string of the molecule is Cc1nn(C)c(C)c1[C@@H](C)NC(=O)N1CCC(O)(c2cccnc2)CC1. The number of nitrogens with one attached hydrogen (secondary N) is 1. The molecule has 1 atom stereocenters. The molecule has 0 unspecified atom stereocenters. The van der Waals surface area contributed by atoms with E-state index >= 15 is 0 Å². The molecular formula is C19H27N5O2. The molecule has 3 heterocycles. The zero-order chi connectivity index (χ0) is 18.9. The van der Waals surface area contributed by atoms with Gasteiger partial charge in [0.2, 0.25) is 0 Å². The summed E-state index contributed by atoms with van der Waals surface area (Å²) < 4.78 is 1.84. The summed E-state index contributed by atoms with van der Waals surface area (Å²) in [7, 11) is 1.91. The van der Waals surface area contributed by atoms with Gasteiger partial charge in [-0.2, -0.15) is 5.10 Å². The van der Waals surface area contributed by atoms with Gasteiger partial charge in [0, 0.05) is 49.4 Å². The standard InChI is InChI=1S/C19H27N5O2/c1-13(17-14(2)22-23(4)15(17)3)21-18(25)24-10-7-19(26,8-11-24)16-6-5-9-20-12-16/h5-6,9,12-13,26H,7-8,10-11H2,1-4H3,(H,21,25)/t13-/m1/s1. The van der Waals surface area contributed by atoms with Gasteiger partial charge in [-0.05, 0) is 39.7 Å². The molecule has 2 N–H and O–H groups in total. The molecule has 1 fully saturated rings. The van der Waals surface area contributed by atoms with E-state index in [0.717, 1.165) is 22.5 Å². The number of hydrogen-bond acceptors (Lipinski definition) is 4. The van der Waals surface area contributed by atoms with Crippen LogP contribution in [0.5, 0.6) is 0 Å². The number of nitrogens with zero attached hydrogens (tertiary/aromatic N) is 4. The quantitative estimate of drug-likeness (QED) is 0.882. The number of urea groups is 1. The first-order chi connectivity index (χ1) is 12.3. The molecule has 0 spiro atoms. The van der Waals surface area contributed by atoms with E-state index in [-0.39, 0.29) is 12.1 Å².